The van der Waals surface area contributed by atoms with Crippen molar-refractivity contribution in [3.63, 3.8) is 0 Å². The van der Waals surface area contributed by atoms with Crippen molar-refractivity contribution in [1.82, 2.24) is 0 Å². The van der Waals surface area contributed by atoms with E-state index in [2.05, 4.69) is 4.74 Å². The maximum Gasteiger partial charge on any atom is 0.346 e. The van der Waals surface area contributed by atoms with Gasteiger partial charge in [-0.25, -0.2) is 9.59 Å². The van der Waals surface area contributed by atoms with Gasteiger partial charge in [-0.3, -0.25) is 0 Å². The zero-order valence-electron chi connectivity index (χ0n) is 7.79. The molecule has 12 heavy (non-hydrogen) atoms. The molecule has 64 valence electrons. The Labute approximate surface area is 72.1 Å². The minimum Gasteiger partial charge on any atom is -0.386 e. The van der Waals surface area contributed by atoms with Gasteiger partial charge in [-0.2, -0.15) is 0 Å². The van der Waals surface area contributed by atoms with Gasteiger partial charge in [0.2, 0.25) is 0 Å². The summed E-state index contributed by atoms with van der Waals surface area (Å²) in [6, 6.07) is 0. The maximum atomic E-state index is 11.0. The Morgan fingerprint density at radius 2 is 2.08 bits per heavy atom. The molecule has 0 spiro atoms. The van der Waals surface area contributed by atoms with Crippen molar-refractivity contribution in [3.8, 4) is 0 Å². The standard InChI is InChI=1S/C9H10O3/c1-3-5-7-6(4-2)8(10)12-9(7)11/h4-5H,3H2,1-2H3/i2D. The molecular formula is C9H10O3. The fourth-order valence-corrected chi connectivity index (χ4v) is 1.00. The Bertz CT molecular complexity index is 272. The van der Waals surface area contributed by atoms with Gasteiger partial charge in [0, 0.05) is 1.37 Å². The number of carbonyl (C=O) groups is 2. The predicted octanol–water partition coefficient (Wildman–Crippen LogP) is 1.35. The summed E-state index contributed by atoms with van der Waals surface area (Å²) in [5.74, 6) is -1.25. The van der Waals surface area contributed by atoms with Crippen molar-refractivity contribution < 1.29 is 15.7 Å². The van der Waals surface area contributed by atoms with E-state index in [9.17, 15) is 9.59 Å². The van der Waals surface area contributed by atoms with Crippen LogP contribution in [0.3, 0.4) is 0 Å². The zero-order valence-corrected chi connectivity index (χ0v) is 6.79. The third kappa shape index (κ3) is 1.30. The first-order valence-electron chi connectivity index (χ1n) is 4.37. The topological polar surface area (TPSA) is 43.4 Å². The van der Waals surface area contributed by atoms with Crippen LogP contribution >= 0.6 is 0 Å². The van der Waals surface area contributed by atoms with Crippen LogP contribution in [0, 0.1) is 0 Å². The van der Waals surface area contributed by atoms with E-state index >= 15 is 0 Å². The molecule has 3 heteroatoms. The minimum absolute atomic E-state index is 0.0290. The van der Waals surface area contributed by atoms with Crippen LogP contribution in [0.15, 0.2) is 23.3 Å². The molecule has 1 saturated heterocycles. The van der Waals surface area contributed by atoms with E-state index in [1.54, 1.807) is 6.08 Å². The highest BCUT2D eigenvalue weighted by Crippen LogP contribution is 2.21. The summed E-state index contributed by atoms with van der Waals surface area (Å²) in [5, 5.41) is 0. The van der Waals surface area contributed by atoms with Crippen molar-refractivity contribution in [2.45, 2.75) is 20.2 Å². The molecule has 0 aromatic heterocycles. The molecule has 0 saturated carbocycles. The second kappa shape index (κ2) is 3.34. The lowest BCUT2D eigenvalue weighted by Crippen LogP contribution is -1.96. The van der Waals surface area contributed by atoms with Crippen LogP contribution in [0.4, 0.5) is 0 Å². The van der Waals surface area contributed by atoms with E-state index in [-0.39, 0.29) is 12.5 Å². The van der Waals surface area contributed by atoms with Gasteiger partial charge in [0.1, 0.15) is 0 Å². The number of carbonyl (C=O) groups excluding carboxylic acids is 2. The molecule has 1 aliphatic rings. The average molecular weight is 167 g/mol. The first-order chi connectivity index (χ1) is 6.20. The Kier molecular flexibility index (Phi) is 2.03. The Balaban J connectivity index is 3.04. The van der Waals surface area contributed by atoms with Crippen molar-refractivity contribution >= 4 is 11.9 Å². The lowest BCUT2D eigenvalue weighted by Gasteiger charge is -1.88. The quantitative estimate of drug-likeness (QED) is 0.336. The Hall–Kier alpha value is -1.38. The molecule has 1 aliphatic heterocycles. The molecular weight excluding hydrogens is 156 g/mol. The monoisotopic (exact) mass is 167 g/mol. The van der Waals surface area contributed by atoms with E-state index in [4.69, 9.17) is 1.37 Å². The lowest BCUT2D eigenvalue weighted by molar-refractivity contribution is -0.149. The fraction of sp³-hybridized carbons (Fsp3) is 0.333. The molecule has 0 atom stereocenters. The summed E-state index contributed by atoms with van der Waals surface area (Å²) < 4.78 is 11.3. The van der Waals surface area contributed by atoms with Crippen LogP contribution in [0.5, 0.6) is 0 Å². The van der Waals surface area contributed by atoms with Gasteiger partial charge in [0.15, 0.2) is 0 Å². The molecule has 0 aromatic rings. The van der Waals surface area contributed by atoms with Crippen molar-refractivity contribution in [1.29, 1.82) is 0 Å². The molecule has 1 rings (SSSR count). The number of cyclic esters (lactones) is 2. The summed E-state index contributed by atoms with van der Waals surface area (Å²) in [4.78, 5) is 22.1. The summed E-state index contributed by atoms with van der Waals surface area (Å²) in [5.41, 5.74) is 0.515. The van der Waals surface area contributed by atoms with Gasteiger partial charge < -0.3 is 4.74 Å². The molecule has 0 N–H and O–H groups in total. The Morgan fingerprint density at radius 1 is 1.42 bits per heavy atom. The summed E-state index contributed by atoms with van der Waals surface area (Å²) in [6.45, 7) is 1.83. The SMILES string of the molecule is [2H]CC=C1C(=O)OC(=O)C1=CCC. The van der Waals surface area contributed by atoms with Crippen LogP contribution in [0.25, 0.3) is 0 Å². The molecule has 3 nitrogen and oxygen atoms in total. The predicted molar refractivity (Wildman–Crippen MR) is 43.2 cm³/mol. The number of ether oxygens (including phenoxy) is 1. The Morgan fingerprint density at radius 3 is 2.67 bits per heavy atom. The van der Waals surface area contributed by atoms with Crippen LogP contribution in [-0.4, -0.2) is 11.9 Å². The lowest BCUT2D eigenvalue weighted by atomic mass is 10.1. The van der Waals surface area contributed by atoms with Gasteiger partial charge in [0.25, 0.3) is 0 Å². The van der Waals surface area contributed by atoms with Gasteiger partial charge >= 0.3 is 11.9 Å². The number of esters is 2. The van der Waals surface area contributed by atoms with Gasteiger partial charge in [-0.1, -0.05) is 19.1 Å². The number of allylic oxidation sites excluding steroid dienone is 2. The number of hydrogen-bond donors (Lipinski definition) is 0. The zero-order chi connectivity index (χ0) is 9.84. The molecule has 1 fully saturated rings. The minimum atomic E-state index is -0.642. The smallest absolute Gasteiger partial charge is 0.346 e. The molecule has 0 aromatic carbocycles. The average Bonchev–Trinajstić information content (AvgIpc) is 2.33. The highest BCUT2D eigenvalue weighted by molar-refractivity contribution is 6.18. The summed E-state index contributed by atoms with van der Waals surface area (Å²) >= 11 is 0. The fourth-order valence-electron chi connectivity index (χ4n) is 1.00. The van der Waals surface area contributed by atoms with E-state index in [1.807, 2.05) is 6.92 Å². The third-order valence-corrected chi connectivity index (χ3v) is 1.53. The highest BCUT2D eigenvalue weighted by atomic mass is 16.6. The van der Waals surface area contributed by atoms with Crippen LogP contribution < -0.4 is 0 Å². The summed E-state index contributed by atoms with van der Waals surface area (Å²) in [6.07, 6.45) is 3.68. The molecule has 0 unspecified atom stereocenters. The second-order valence-corrected chi connectivity index (χ2v) is 2.32. The summed E-state index contributed by atoms with van der Waals surface area (Å²) in [7, 11) is 0. The molecule has 0 bridgehead atoms. The van der Waals surface area contributed by atoms with Crippen molar-refractivity contribution in [2.24, 2.45) is 0 Å². The third-order valence-electron chi connectivity index (χ3n) is 1.53. The molecule has 1 heterocycles. The maximum absolute atomic E-state index is 11.0. The first-order valence-corrected chi connectivity index (χ1v) is 3.67. The van der Waals surface area contributed by atoms with E-state index in [0.29, 0.717) is 12.0 Å². The molecule has 0 radical (unpaired) electrons. The van der Waals surface area contributed by atoms with E-state index in [0.717, 1.165) is 0 Å². The van der Waals surface area contributed by atoms with Crippen molar-refractivity contribution in [2.75, 3.05) is 0 Å². The number of rotatable bonds is 1. The van der Waals surface area contributed by atoms with E-state index < -0.39 is 11.9 Å². The van der Waals surface area contributed by atoms with E-state index in [1.165, 1.54) is 6.08 Å². The number of hydrogen-bond acceptors (Lipinski definition) is 3. The van der Waals surface area contributed by atoms with Crippen molar-refractivity contribution in [3.05, 3.63) is 23.3 Å². The van der Waals surface area contributed by atoms with Crippen LogP contribution in [0.1, 0.15) is 21.6 Å². The van der Waals surface area contributed by atoms with Crippen LogP contribution in [0.2, 0.25) is 0 Å². The van der Waals surface area contributed by atoms with Gasteiger partial charge in [-0.15, -0.1) is 0 Å². The highest BCUT2D eigenvalue weighted by Gasteiger charge is 2.31. The van der Waals surface area contributed by atoms with Gasteiger partial charge in [0.05, 0.1) is 11.1 Å². The first kappa shape index (κ1) is 7.28. The molecule has 0 amide bonds. The van der Waals surface area contributed by atoms with Crippen LogP contribution in [-0.2, 0) is 14.3 Å². The second-order valence-electron chi connectivity index (χ2n) is 2.32. The molecule has 0 aliphatic carbocycles. The van der Waals surface area contributed by atoms with Gasteiger partial charge in [-0.05, 0) is 13.3 Å². The normalized spacial score (nSPS) is 24.9. The largest absolute Gasteiger partial charge is 0.386 e.